The van der Waals surface area contributed by atoms with E-state index >= 15 is 0 Å². The molecule has 2 rings (SSSR count). The minimum absolute atomic E-state index is 0. The lowest BCUT2D eigenvalue weighted by Crippen LogP contribution is -2.40. The smallest absolute Gasteiger partial charge is 0.310 e. The SMILES string of the molecule is CN=C(NCc1cc(C(C)C)no1)N1CC(C)C(C(=O)OC)C1.I. The van der Waals surface area contributed by atoms with Crippen LogP contribution < -0.4 is 5.32 Å². The van der Waals surface area contributed by atoms with Crippen LogP contribution in [-0.2, 0) is 16.1 Å². The number of hydrogen-bond donors (Lipinski definition) is 1. The van der Waals surface area contributed by atoms with Gasteiger partial charge in [0.2, 0.25) is 0 Å². The Morgan fingerprint density at radius 3 is 2.79 bits per heavy atom. The molecule has 136 valence electrons. The predicted octanol–water partition coefficient (Wildman–Crippen LogP) is 2.23. The van der Waals surface area contributed by atoms with Crippen LogP contribution in [0.5, 0.6) is 0 Å². The fourth-order valence-corrected chi connectivity index (χ4v) is 2.78. The molecule has 1 saturated heterocycles. The van der Waals surface area contributed by atoms with E-state index in [9.17, 15) is 4.79 Å². The average Bonchev–Trinajstić information content (AvgIpc) is 3.14. The molecule has 1 fully saturated rings. The summed E-state index contributed by atoms with van der Waals surface area (Å²) in [4.78, 5) is 18.2. The van der Waals surface area contributed by atoms with Crippen LogP contribution >= 0.6 is 24.0 Å². The summed E-state index contributed by atoms with van der Waals surface area (Å²) in [7, 11) is 3.17. The topological polar surface area (TPSA) is 80.0 Å². The quantitative estimate of drug-likeness (QED) is 0.328. The largest absolute Gasteiger partial charge is 0.469 e. The highest BCUT2D eigenvalue weighted by Crippen LogP contribution is 2.24. The first-order valence-corrected chi connectivity index (χ1v) is 7.95. The number of nitrogens with one attached hydrogen (secondary N) is 1. The van der Waals surface area contributed by atoms with Gasteiger partial charge in [-0.2, -0.15) is 0 Å². The van der Waals surface area contributed by atoms with Crippen molar-refractivity contribution >= 4 is 35.9 Å². The lowest BCUT2D eigenvalue weighted by molar-refractivity contribution is -0.145. The Kier molecular flexibility index (Phi) is 7.98. The molecule has 1 aromatic heterocycles. The number of carbonyl (C=O) groups is 1. The molecule has 0 bridgehead atoms. The van der Waals surface area contributed by atoms with Gasteiger partial charge in [0.05, 0.1) is 25.3 Å². The fourth-order valence-electron chi connectivity index (χ4n) is 2.78. The molecule has 2 unspecified atom stereocenters. The van der Waals surface area contributed by atoms with E-state index in [2.05, 4.69) is 41.1 Å². The van der Waals surface area contributed by atoms with Crippen molar-refractivity contribution in [2.24, 2.45) is 16.8 Å². The van der Waals surface area contributed by atoms with Crippen LogP contribution in [0.2, 0.25) is 0 Å². The summed E-state index contributed by atoms with van der Waals surface area (Å²) in [5.41, 5.74) is 0.942. The van der Waals surface area contributed by atoms with E-state index in [1.54, 1.807) is 7.05 Å². The molecule has 0 spiro atoms. The number of likely N-dealkylation sites (tertiary alicyclic amines) is 1. The third kappa shape index (κ3) is 4.84. The first-order valence-electron chi connectivity index (χ1n) is 7.95. The number of guanidine groups is 1. The molecule has 2 atom stereocenters. The van der Waals surface area contributed by atoms with E-state index in [1.807, 2.05) is 6.07 Å². The van der Waals surface area contributed by atoms with E-state index in [1.165, 1.54) is 7.11 Å². The Balaban J connectivity index is 0.00000288. The van der Waals surface area contributed by atoms with Crippen molar-refractivity contribution in [2.45, 2.75) is 33.2 Å². The van der Waals surface area contributed by atoms with Crippen molar-refractivity contribution in [1.29, 1.82) is 0 Å². The number of methoxy groups -OCH3 is 1. The number of aromatic nitrogens is 1. The second-order valence-electron chi connectivity index (χ2n) is 6.29. The summed E-state index contributed by atoms with van der Waals surface area (Å²) in [5, 5.41) is 7.31. The lowest BCUT2D eigenvalue weighted by Gasteiger charge is -2.20. The zero-order valence-corrected chi connectivity index (χ0v) is 17.2. The van der Waals surface area contributed by atoms with E-state index in [-0.39, 0.29) is 41.8 Å². The number of halogens is 1. The molecular weight excluding hydrogens is 423 g/mol. The molecule has 0 radical (unpaired) electrons. The number of carbonyl (C=O) groups excluding carboxylic acids is 1. The van der Waals surface area contributed by atoms with Crippen molar-refractivity contribution in [3.05, 3.63) is 17.5 Å². The second-order valence-corrected chi connectivity index (χ2v) is 6.29. The van der Waals surface area contributed by atoms with E-state index in [0.717, 1.165) is 24.0 Å². The summed E-state index contributed by atoms with van der Waals surface area (Å²) >= 11 is 0. The molecule has 1 aromatic rings. The third-order valence-corrected chi connectivity index (χ3v) is 4.22. The number of rotatable bonds is 4. The predicted molar refractivity (Wildman–Crippen MR) is 102 cm³/mol. The van der Waals surface area contributed by atoms with Gasteiger partial charge in [-0.25, -0.2) is 0 Å². The summed E-state index contributed by atoms with van der Waals surface area (Å²) in [6.07, 6.45) is 0. The molecule has 0 saturated carbocycles. The fraction of sp³-hybridized carbons (Fsp3) is 0.688. The lowest BCUT2D eigenvalue weighted by atomic mass is 9.99. The van der Waals surface area contributed by atoms with Crippen LogP contribution in [-0.4, -0.2) is 49.2 Å². The molecule has 1 N–H and O–H groups in total. The van der Waals surface area contributed by atoms with E-state index < -0.39 is 0 Å². The molecular formula is C16H27IN4O3. The Hall–Kier alpha value is -1.32. The van der Waals surface area contributed by atoms with Crippen molar-refractivity contribution in [3.8, 4) is 0 Å². The van der Waals surface area contributed by atoms with E-state index in [0.29, 0.717) is 19.0 Å². The molecule has 24 heavy (non-hydrogen) atoms. The normalized spacial score (nSPS) is 20.9. The zero-order chi connectivity index (χ0) is 17.0. The number of nitrogens with zero attached hydrogens (tertiary/aromatic N) is 3. The zero-order valence-electron chi connectivity index (χ0n) is 14.9. The summed E-state index contributed by atoms with van der Waals surface area (Å²) in [6, 6.07) is 1.95. The Morgan fingerprint density at radius 1 is 1.54 bits per heavy atom. The Morgan fingerprint density at radius 2 is 2.25 bits per heavy atom. The summed E-state index contributed by atoms with van der Waals surface area (Å²) in [5.74, 6) is 1.83. The van der Waals surface area contributed by atoms with Gasteiger partial charge >= 0.3 is 5.97 Å². The van der Waals surface area contributed by atoms with Gasteiger partial charge in [0.15, 0.2) is 11.7 Å². The van der Waals surface area contributed by atoms with Gasteiger partial charge in [0, 0.05) is 26.2 Å². The first kappa shape index (κ1) is 20.7. The highest BCUT2D eigenvalue weighted by atomic mass is 127. The number of esters is 1. The number of ether oxygens (including phenoxy) is 1. The van der Waals surface area contributed by atoms with Crippen LogP contribution in [0.25, 0.3) is 0 Å². The Labute approximate surface area is 160 Å². The van der Waals surface area contributed by atoms with Crippen LogP contribution in [0.15, 0.2) is 15.6 Å². The van der Waals surface area contributed by atoms with Crippen LogP contribution in [0, 0.1) is 11.8 Å². The minimum atomic E-state index is -0.160. The van der Waals surface area contributed by atoms with Gasteiger partial charge in [0.1, 0.15) is 0 Å². The maximum absolute atomic E-state index is 11.8. The van der Waals surface area contributed by atoms with Gasteiger partial charge in [0.25, 0.3) is 0 Å². The van der Waals surface area contributed by atoms with Gasteiger partial charge in [-0.15, -0.1) is 24.0 Å². The van der Waals surface area contributed by atoms with Gasteiger partial charge in [-0.1, -0.05) is 25.9 Å². The summed E-state index contributed by atoms with van der Waals surface area (Å²) in [6.45, 7) is 8.10. The van der Waals surface area contributed by atoms with Gasteiger partial charge in [-0.3, -0.25) is 9.79 Å². The van der Waals surface area contributed by atoms with Crippen LogP contribution in [0.1, 0.15) is 38.1 Å². The molecule has 1 aliphatic heterocycles. The van der Waals surface area contributed by atoms with Crippen molar-refractivity contribution in [3.63, 3.8) is 0 Å². The summed E-state index contributed by atoms with van der Waals surface area (Å²) < 4.78 is 10.2. The molecule has 8 heteroatoms. The molecule has 0 aliphatic carbocycles. The van der Waals surface area contributed by atoms with Crippen LogP contribution in [0.3, 0.4) is 0 Å². The average molecular weight is 450 g/mol. The maximum Gasteiger partial charge on any atom is 0.310 e. The highest BCUT2D eigenvalue weighted by molar-refractivity contribution is 14.0. The third-order valence-electron chi connectivity index (χ3n) is 4.22. The number of hydrogen-bond acceptors (Lipinski definition) is 5. The molecule has 0 aromatic carbocycles. The molecule has 7 nitrogen and oxygen atoms in total. The minimum Gasteiger partial charge on any atom is -0.469 e. The second kappa shape index (κ2) is 9.24. The highest BCUT2D eigenvalue weighted by Gasteiger charge is 2.36. The molecule has 1 aliphatic rings. The van der Waals surface area contributed by atoms with E-state index in [4.69, 9.17) is 9.26 Å². The maximum atomic E-state index is 11.8. The van der Waals surface area contributed by atoms with Gasteiger partial charge < -0.3 is 19.5 Å². The molecule has 0 amide bonds. The number of aliphatic imine (C=N–C) groups is 1. The molecule has 2 heterocycles. The van der Waals surface area contributed by atoms with Crippen molar-refractivity contribution in [2.75, 3.05) is 27.2 Å². The monoisotopic (exact) mass is 450 g/mol. The van der Waals surface area contributed by atoms with Crippen molar-refractivity contribution < 1.29 is 14.1 Å². The standard InChI is InChI=1S/C16H26N4O3.HI/c1-10(2)14-6-12(23-19-14)7-18-16(17-4)20-8-11(3)13(9-20)15(21)22-5;/h6,10-11,13H,7-9H2,1-5H3,(H,17,18);1H. The first-order chi connectivity index (χ1) is 11.0. The van der Waals surface area contributed by atoms with Crippen LogP contribution in [0.4, 0.5) is 0 Å². The van der Waals surface area contributed by atoms with Crippen molar-refractivity contribution in [1.82, 2.24) is 15.4 Å². The Bertz CT molecular complexity index is 573. The van der Waals surface area contributed by atoms with Gasteiger partial charge in [-0.05, 0) is 11.8 Å².